The van der Waals surface area contributed by atoms with Crippen molar-refractivity contribution < 1.29 is 9.53 Å². The third-order valence-electron chi connectivity index (χ3n) is 5.34. The monoisotopic (exact) mass is 312 g/mol. The lowest BCUT2D eigenvalue weighted by Gasteiger charge is -2.46. The molecule has 2 saturated heterocycles. The molecule has 2 aliphatic heterocycles. The van der Waals surface area contributed by atoms with Crippen LogP contribution in [0.4, 0.5) is 0 Å². The van der Waals surface area contributed by atoms with Gasteiger partial charge in [0.2, 0.25) is 0 Å². The predicted octanol–water partition coefficient (Wildman–Crippen LogP) is 3.13. The number of esters is 1. The van der Waals surface area contributed by atoms with Crippen LogP contribution in [-0.2, 0) is 16.1 Å². The summed E-state index contributed by atoms with van der Waals surface area (Å²) >= 11 is 0. The normalized spacial score (nSPS) is 30.5. The highest BCUT2D eigenvalue weighted by atomic mass is 16.6. The lowest BCUT2D eigenvalue weighted by atomic mass is 9.74. The van der Waals surface area contributed by atoms with Crippen LogP contribution in [0.25, 0.3) is 0 Å². The summed E-state index contributed by atoms with van der Waals surface area (Å²) in [5, 5.41) is 9.01. The fraction of sp³-hybridized carbons (Fsp3) is 0.579. The molecule has 0 aromatic heterocycles. The van der Waals surface area contributed by atoms with E-state index in [4.69, 9.17) is 10.00 Å². The summed E-state index contributed by atoms with van der Waals surface area (Å²) < 4.78 is 5.57. The summed E-state index contributed by atoms with van der Waals surface area (Å²) in [7, 11) is 0. The van der Waals surface area contributed by atoms with Crippen molar-refractivity contribution in [2.75, 3.05) is 6.54 Å². The molecule has 2 heterocycles. The standard InChI is InChI=1S/C19H24N2O2/c1-2-15-16-11-19(22)23-18(16)13-21(17(15)9-6-10-20)12-14-7-4-3-5-8-14/h3-5,7-8,15-18H,2,6,9,11-13H2,1H3/t15-,16+,17+,18-/m0/s1. The van der Waals surface area contributed by atoms with Crippen molar-refractivity contribution in [3.63, 3.8) is 0 Å². The van der Waals surface area contributed by atoms with Crippen molar-refractivity contribution in [2.45, 2.75) is 51.3 Å². The van der Waals surface area contributed by atoms with Crippen LogP contribution in [0.2, 0.25) is 0 Å². The van der Waals surface area contributed by atoms with E-state index in [2.05, 4.69) is 42.2 Å². The molecule has 122 valence electrons. The molecule has 0 unspecified atom stereocenters. The van der Waals surface area contributed by atoms with E-state index in [0.29, 0.717) is 30.7 Å². The highest BCUT2D eigenvalue weighted by molar-refractivity contribution is 5.72. The number of nitrogens with zero attached hydrogens (tertiary/aromatic N) is 2. The lowest BCUT2D eigenvalue weighted by Crippen LogP contribution is -2.53. The highest BCUT2D eigenvalue weighted by Crippen LogP contribution is 2.41. The fourth-order valence-electron chi connectivity index (χ4n) is 4.33. The van der Waals surface area contributed by atoms with Gasteiger partial charge in [-0.1, -0.05) is 43.7 Å². The van der Waals surface area contributed by atoms with E-state index < -0.39 is 0 Å². The Morgan fingerprint density at radius 2 is 2.13 bits per heavy atom. The van der Waals surface area contributed by atoms with Gasteiger partial charge in [-0.2, -0.15) is 5.26 Å². The van der Waals surface area contributed by atoms with Crippen molar-refractivity contribution in [2.24, 2.45) is 11.8 Å². The second kappa shape index (κ2) is 7.14. The maximum absolute atomic E-state index is 11.8. The van der Waals surface area contributed by atoms with Gasteiger partial charge >= 0.3 is 5.97 Å². The number of hydrogen-bond acceptors (Lipinski definition) is 4. The number of likely N-dealkylation sites (tertiary alicyclic amines) is 1. The minimum atomic E-state index is -0.0564. The number of carbonyl (C=O) groups is 1. The second-order valence-electron chi connectivity index (χ2n) is 6.65. The van der Waals surface area contributed by atoms with Crippen LogP contribution in [0, 0.1) is 23.2 Å². The number of fused-ring (bicyclic) bond motifs is 1. The first-order valence-electron chi connectivity index (χ1n) is 8.57. The molecule has 2 aliphatic rings. The smallest absolute Gasteiger partial charge is 0.306 e. The van der Waals surface area contributed by atoms with E-state index in [1.54, 1.807) is 0 Å². The van der Waals surface area contributed by atoms with Gasteiger partial charge in [-0.3, -0.25) is 9.69 Å². The molecule has 0 N–H and O–H groups in total. The Labute approximate surface area is 138 Å². The van der Waals surface area contributed by atoms with E-state index in [9.17, 15) is 4.79 Å². The molecule has 0 bridgehead atoms. The first-order chi connectivity index (χ1) is 11.2. The van der Waals surface area contributed by atoms with E-state index >= 15 is 0 Å². The Hall–Kier alpha value is -1.86. The van der Waals surface area contributed by atoms with Crippen molar-refractivity contribution in [1.29, 1.82) is 5.26 Å². The molecule has 2 fully saturated rings. The number of hydrogen-bond donors (Lipinski definition) is 0. The van der Waals surface area contributed by atoms with Gasteiger partial charge in [0.25, 0.3) is 0 Å². The van der Waals surface area contributed by atoms with Crippen molar-refractivity contribution in [1.82, 2.24) is 4.90 Å². The first kappa shape index (κ1) is 16.0. The Morgan fingerprint density at radius 1 is 1.35 bits per heavy atom. The SMILES string of the molecule is CC[C@H]1[C@H]2CC(=O)O[C@H]2CN(Cc2ccccc2)[C@@H]1CCC#N. The Balaban J connectivity index is 1.82. The average Bonchev–Trinajstić information content (AvgIpc) is 2.93. The molecule has 4 nitrogen and oxygen atoms in total. The molecule has 23 heavy (non-hydrogen) atoms. The molecule has 1 aromatic rings. The lowest BCUT2D eigenvalue weighted by molar-refractivity contribution is -0.143. The molecule has 0 spiro atoms. The summed E-state index contributed by atoms with van der Waals surface area (Å²) in [5.41, 5.74) is 1.27. The second-order valence-corrected chi connectivity index (χ2v) is 6.65. The van der Waals surface area contributed by atoms with Gasteiger partial charge < -0.3 is 4.74 Å². The average molecular weight is 312 g/mol. The highest BCUT2D eigenvalue weighted by Gasteiger charge is 2.48. The number of piperidine rings is 1. The number of benzene rings is 1. The zero-order chi connectivity index (χ0) is 16.2. The summed E-state index contributed by atoms with van der Waals surface area (Å²) in [6.45, 7) is 3.84. The largest absolute Gasteiger partial charge is 0.461 e. The van der Waals surface area contributed by atoms with Gasteiger partial charge in [-0.15, -0.1) is 0 Å². The van der Waals surface area contributed by atoms with Gasteiger partial charge in [0.05, 0.1) is 12.5 Å². The molecule has 4 heteroatoms. The fourth-order valence-corrected chi connectivity index (χ4v) is 4.33. The number of carbonyl (C=O) groups excluding carboxylic acids is 1. The summed E-state index contributed by atoms with van der Waals surface area (Å²) in [5.74, 6) is 0.694. The molecule has 0 radical (unpaired) electrons. The molecule has 4 atom stereocenters. The van der Waals surface area contributed by atoms with Crippen LogP contribution in [-0.4, -0.2) is 29.6 Å². The molecular weight excluding hydrogens is 288 g/mol. The minimum absolute atomic E-state index is 0.0227. The number of ether oxygens (including phenoxy) is 1. The van der Waals surface area contributed by atoms with Gasteiger partial charge in [0, 0.05) is 31.5 Å². The predicted molar refractivity (Wildman–Crippen MR) is 87.3 cm³/mol. The van der Waals surface area contributed by atoms with E-state index in [1.165, 1.54) is 5.56 Å². The van der Waals surface area contributed by atoms with E-state index in [-0.39, 0.29) is 12.1 Å². The number of nitriles is 1. The number of rotatable bonds is 5. The van der Waals surface area contributed by atoms with Crippen LogP contribution < -0.4 is 0 Å². The first-order valence-corrected chi connectivity index (χ1v) is 8.57. The van der Waals surface area contributed by atoms with Crippen LogP contribution >= 0.6 is 0 Å². The quantitative estimate of drug-likeness (QED) is 0.784. The van der Waals surface area contributed by atoms with Crippen molar-refractivity contribution in [3.05, 3.63) is 35.9 Å². The van der Waals surface area contributed by atoms with Crippen LogP contribution in [0.5, 0.6) is 0 Å². The van der Waals surface area contributed by atoms with Gasteiger partial charge in [-0.05, 0) is 17.9 Å². The van der Waals surface area contributed by atoms with Crippen molar-refractivity contribution in [3.8, 4) is 6.07 Å². The summed E-state index contributed by atoms with van der Waals surface area (Å²) in [6.07, 6.45) is 3.04. The molecule has 0 saturated carbocycles. The third kappa shape index (κ3) is 3.40. The Bertz CT molecular complexity index is 581. The van der Waals surface area contributed by atoms with E-state index in [1.807, 2.05) is 6.07 Å². The maximum atomic E-state index is 11.8. The Morgan fingerprint density at radius 3 is 2.83 bits per heavy atom. The maximum Gasteiger partial charge on any atom is 0.306 e. The van der Waals surface area contributed by atoms with E-state index in [0.717, 1.165) is 25.9 Å². The zero-order valence-electron chi connectivity index (χ0n) is 13.6. The molecule has 3 rings (SSSR count). The van der Waals surface area contributed by atoms with Crippen molar-refractivity contribution >= 4 is 5.97 Å². The van der Waals surface area contributed by atoms with Gasteiger partial charge in [0.15, 0.2) is 0 Å². The van der Waals surface area contributed by atoms with Crippen LogP contribution in [0.15, 0.2) is 30.3 Å². The summed E-state index contributed by atoms with van der Waals surface area (Å²) in [4.78, 5) is 14.2. The molecular formula is C19H24N2O2. The molecule has 0 aliphatic carbocycles. The molecule has 1 aromatic carbocycles. The molecule has 0 amide bonds. The van der Waals surface area contributed by atoms with Crippen LogP contribution in [0.1, 0.15) is 38.2 Å². The zero-order valence-corrected chi connectivity index (χ0v) is 13.6. The third-order valence-corrected chi connectivity index (χ3v) is 5.34. The van der Waals surface area contributed by atoms with Gasteiger partial charge in [-0.25, -0.2) is 0 Å². The van der Waals surface area contributed by atoms with Crippen LogP contribution in [0.3, 0.4) is 0 Å². The Kier molecular flexibility index (Phi) is 4.97. The minimum Gasteiger partial charge on any atom is -0.461 e. The van der Waals surface area contributed by atoms with Gasteiger partial charge in [0.1, 0.15) is 6.10 Å². The topological polar surface area (TPSA) is 53.3 Å². The summed E-state index contributed by atoms with van der Waals surface area (Å²) in [6, 6.07) is 13.0.